The smallest absolute Gasteiger partial charge is 0.410 e. The fraction of sp³-hybridized carbons (Fsp3) is 0.211. The molecule has 6 nitrogen and oxygen atoms in total. The Labute approximate surface area is 146 Å². The second-order valence-electron chi connectivity index (χ2n) is 5.79. The minimum Gasteiger partial charge on any atom is -0.443 e. The number of carbonyl (C=O) groups is 1. The van der Waals surface area contributed by atoms with Crippen LogP contribution in [-0.2, 0) is 24.4 Å². The molecule has 0 atom stereocenters. The Kier molecular flexibility index (Phi) is 5.41. The van der Waals surface area contributed by atoms with Crippen molar-refractivity contribution >= 4 is 6.09 Å². The summed E-state index contributed by atoms with van der Waals surface area (Å²) in [4.78, 5) is 13.6. The van der Waals surface area contributed by atoms with Gasteiger partial charge in [-0.25, -0.2) is 9.48 Å². The number of nitrogens with zero attached hydrogens (tertiary/aromatic N) is 4. The van der Waals surface area contributed by atoms with Gasteiger partial charge in [0.15, 0.2) is 0 Å². The average Bonchev–Trinajstić information content (AvgIpc) is 3.08. The van der Waals surface area contributed by atoms with Crippen LogP contribution in [0, 0.1) is 0 Å². The third-order valence-corrected chi connectivity index (χ3v) is 3.69. The molecule has 3 aromatic rings. The molecule has 2 aromatic carbocycles. The summed E-state index contributed by atoms with van der Waals surface area (Å²) in [6.07, 6.45) is 1.40. The topological polar surface area (TPSA) is 60.2 Å². The SMILES string of the molecule is CN(Cc1ccccc1)C(=O)OCc1cn(Cc2ccccc2)nn1. The summed E-state index contributed by atoms with van der Waals surface area (Å²) in [5.74, 6) is 0. The van der Waals surface area contributed by atoms with Crippen LogP contribution in [0.3, 0.4) is 0 Å². The van der Waals surface area contributed by atoms with Gasteiger partial charge < -0.3 is 9.64 Å². The fourth-order valence-electron chi connectivity index (χ4n) is 2.42. The van der Waals surface area contributed by atoms with Crippen molar-refractivity contribution in [3.63, 3.8) is 0 Å². The van der Waals surface area contributed by atoms with Crippen LogP contribution < -0.4 is 0 Å². The Morgan fingerprint density at radius 3 is 2.36 bits per heavy atom. The highest BCUT2D eigenvalue weighted by molar-refractivity contribution is 5.67. The predicted octanol–water partition coefficient (Wildman–Crippen LogP) is 3.10. The van der Waals surface area contributed by atoms with Gasteiger partial charge in [-0.3, -0.25) is 0 Å². The maximum Gasteiger partial charge on any atom is 0.410 e. The van der Waals surface area contributed by atoms with Crippen molar-refractivity contribution < 1.29 is 9.53 Å². The Morgan fingerprint density at radius 1 is 1.04 bits per heavy atom. The van der Waals surface area contributed by atoms with Gasteiger partial charge in [0.05, 0.1) is 12.7 Å². The second-order valence-corrected chi connectivity index (χ2v) is 5.79. The minimum absolute atomic E-state index is 0.104. The maximum atomic E-state index is 12.1. The molecule has 128 valence electrons. The lowest BCUT2D eigenvalue weighted by atomic mass is 10.2. The van der Waals surface area contributed by atoms with Crippen LogP contribution >= 0.6 is 0 Å². The highest BCUT2D eigenvalue weighted by atomic mass is 16.6. The molecule has 3 rings (SSSR count). The Balaban J connectivity index is 1.49. The van der Waals surface area contributed by atoms with Crippen LogP contribution in [0.4, 0.5) is 4.79 Å². The minimum atomic E-state index is -0.388. The number of carbonyl (C=O) groups excluding carboxylic acids is 1. The van der Waals surface area contributed by atoms with Crippen molar-refractivity contribution in [2.45, 2.75) is 19.7 Å². The van der Waals surface area contributed by atoms with E-state index in [1.165, 1.54) is 4.90 Å². The molecule has 25 heavy (non-hydrogen) atoms. The van der Waals surface area contributed by atoms with Crippen LogP contribution in [0.25, 0.3) is 0 Å². The van der Waals surface area contributed by atoms with Crippen molar-refractivity contribution in [1.82, 2.24) is 19.9 Å². The standard InChI is InChI=1S/C19H20N4O2/c1-22(12-16-8-4-2-5-9-16)19(24)25-15-18-14-23(21-20-18)13-17-10-6-3-7-11-17/h2-11,14H,12-13,15H2,1H3. The molecule has 0 radical (unpaired) electrons. The summed E-state index contributed by atoms with van der Waals surface area (Å²) in [5.41, 5.74) is 2.81. The maximum absolute atomic E-state index is 12.1. The lowest BCUT2D eigenvalue weighted by molar-refractivity contribution is 0.101. The third kappa shape index (κ3) is 4.91. The van der Waals surface area contributed by atoms with Gasteiger partial charge in [0.25, 0.3) is 0 Å². The zero-order chi connectivity index (χ0) is 17.5. The highest BCUT2D eigenvalue weighted by Gasteiger charge is 2.12. The summed E-state index contributed by atoms with van der Waals surface area (Å²) in [5, 5.41) is 8.11. The van der Waals surface area contributed by atoms with E-state index < -0.39 is 0 Å². The molecule has 0 aliphatic heterocycles. The molecule has 1 aromatic heterocycles. The van der Waals surface area contributed by atoms with Gasteiger partial charge in [0.1, 0.15) is 12.3 Å². The van der Waals surface area contributed by atoms with E-state index in [9.17, 15) is 4.79 Å². The molecule has 0 N–H and O–H groups in total. The van der Waals surface area contributed by atoms with Crippen molar-refractivity contribution in [2.75, 3.05) is 7.05 Å². The van der Waals surface area contributed by atoms with Crippen LogP contribution in [0.1, 0.15) is 16.8 Å². The van der Waals surface area contributed by atoms with E-state index in [0.717, 1.165) is 11.1 Å². The summed E-state index contributed by atoms with van der Waals surface area (Å²) in [6, 6.07) is 19.8. The first-order valence-corrected chi connectivity index (χ1v) is 8.05. The monoisotopic (exact) mass is 336 g/mol. The number of hydrogen-bond donors (Lipinski definition) is 0. The summed E-state index contributed by atoms with van der Waals surface area (Å²) < 4.78 is 7.03. The second kappa shape index (κ2) is 8.10. The molecule has 6 heteroatoms. The zero-order valence-corrected chi connectivity index (χ0v) is 14.1. The highest BCUT2D eigenvalue weighted by Crippen LogP contribution is 2.06. The van der Waals surface area contributed by atoms with E-state index in [0.29, 0.717) is 18.8 Å². The molecule has 1 amide bonds. The van der Waals surface area contributed by atoms with Gasteiger partial charge in [-0.15, -0.1) is 5.10 Å². The first-order valence-electron chi connectivity index (χ1n) is 8.05. The number of aromatic nitrogens is 3. The third-order valence-electron chi connectivity index (χ3n) is 3.69. The molecule has 0 unspecified atom stereocenters. The van der Waals surface area contributed by atoms with Crippen molar-refractivity contribution in [1.29, 1.82) is 0 Å². The summed E-state index contributed by atoms with van der Waals surface area (Å²) in [7, 11) is 1.71. The summed E-state index contributed by atoms with van der Waals surface area (Å²) in [6.45, 7) is 1.24. The Morgan fingerprint density at radius 2 is 1.68 bits per heavy atom. The van der Waals surface area contributed by atoms with Gasteiger partial charge in [0.2, 0.25) is 0 Å². The Bertz CT molecular complexity index is 803. The molecule has 0 bridgehead atoms. The van der Waals surface area contributed by atoms with Crippen LogP contribution in [-0.4, -0.2) is 33.0 Å². The molecule has 0 aliphatic rings. The molecule has 0 saturated carbocycles. The molecular weight excluding hydrogens is 316 g/mol. The van der Waals surface area contributed by atoms with E-state index in [4.69, 9.17) is 4.74 Å². The number of benzene rings is 2. The Hall–Kier alpha value is -3.15. The molecule has 1 heterocycles. The molecule has 0 spiro atoms. The van der Waals surface area contributed by atoms with Crippen LogP contribution in [0.2, 0.25) is 0 Å². The fourth-order valence-corrected chi connectivity index (χ4v) is 2.42. The van der Waals surface area contributed by atoms with Crippen LogP contribution in [0.5, 0.6) is 0 Å². The van der Waals surface area contributed by atoms with Crippen molar-refractivity contribution in [2.24, 2.45) is 0 Å². The van der Waals surface area contributed by atoms with E-state index in [2.05, 4.69) is 10.3 Å². The lowest BCUT2D eigenvalue weighted by Crippen LogP contribution is -2.26. The number of rotatable bonds is 6. The van der Waals surface area contributed by atoms with E-state index in [-0.39, 0.29) is 12.7 Å². The number of amides is 1. The normalized spacial score (nSPS) is 10.4. The van der Waals surface area contributed by atoms with Gasteiger partial charge >= 0.3 is 6.09 Å². The van der Waals surface area contributed by atoms with Gasteiger partial charge in [-0.2, -0.15) is 0 Å². The molecule has 0 aliphatic carbocycles. The number of hydrogen-bond acceptors (Lipinski definition) is 4. The van der Waals surface area contributed by atoms with Crippen molar-refractivity contribution in [3.8, 4) is 0 Å². The average molecular weight is 336 g/mol. The van der Waals surface area contributed by atoms with Crippen LogP contribution in [0.15, 0.2) is 66.9 Å². The first kappa shape index (κ1) is 16.7. The quantitative estimate of drug-likeness (QED) is 0.694. The van der Waals surface area contributed by atoms with E-state index >= 15 is 0 Å². The largest absolute Gasteiger partial charge is 0.443 e. The van der Waals surface area contributed by atoms with Crippen molar-refractivity contribution in [3.05, 3.63) is 83.7 Å². The zero-order valence-electron chi connectivity index (χ0n) is 14.1. The van der Waals surface area contributed by atoms with E-state index in [1.54, 1.807) is 17.9 Å². The lowest BCUT2D eigenvalue weighted by Gasteiger charge is -2.16. The molecule has 0 saturated heterocycles. The van der Waals surface area contributed by atoms with Gasteiger partial charge in [-0.05, 0) is 11.1 Å². The van der Waals surface area contributed by atoms with Gasteiger partial charge in [-0.1, -0.05) is 65.9 Å². The van der Waals surface area contributed by atoms with Gasteiger partial charge in [0, 0.05) is 13.6 Å². The number of ether oxygens (including phenoxy) is 1. The molecule has 0 fully saturated rings. The predicted molar refractivity (Wildman–Crippen MR) is 93.7 cm³/mol. The van der Waals surface area contributed by atoms with E-state index in [1.807, 2.05) is 60.7 Å². The summed E-state index contributed by atoms with van der Waals surface area (Å²) >= 11 is 0. The first-order chi connectivity index (χ1) is 12.2. The molecular formula is C19H20N4O2.